The van der Waals surface area contributed by atoms with E-state index in [0.29, 0.717) is 5.92 Å². The first kappa shape index (κ1) is 29.4. The van der Waals surface area contributed by atoms with Crippen LogP contribution in [0.25, 0.3) is 0 Å². The molecule has 2 aromatic rings. The Bertz CT molecular complexity index is 1110. The molecule has 0 N–H and O–H groups in total. The number of halogens is 2. The van der Waals surface area contributed by atoms with E-state index < -0.39 is 0 Å². The Morgan fingerprint density at radius 3 is 2.33 bits per heavy atom. The molecule has 0 radical (unpaired) electrons. The van der Waals surface area contributed by atoms with Crippen LogP contribution in [0.1, 0.15) is 56.9 Å². The maximum atomic E-state index is 6.11. The fourth-order valence-corrected chi connectivity index (χ4v) is 14.0. The first-order valence-electron chi connectivity index (χ1n) is 15.4. The molecule has 6 rings (SSSR count). The Morgan fingerprint density at radius 1 is 0.875 bits per heavy atom. The number of alkyl halides is 2. The molecule has 0 bridgehead atoms. The van der Waals surface area contributed by atoms with E-state index in [1.807, 2.05) is 46.6 Å². The van der Waals surface area contributed by atoms with Gasteiger partial charge < -0.3 is 0 Å². The second-order valence-corrected chi connectivity index (χ2v) is 19.1. The van der Waals surface area contributed by atoms with Crippen LogP contribution in [-0.4, -0.2) is 62.8 Å². The molecule has 1 saturated heterocycles. The summed E-state index contributed by atoms with van der Waals surface area (Å²) in [6.45, 7) is 9.51. The van der Waals surface area contributed by atoms with E-state index in [-0.39, 0.29) is 42.7 Å². The van der Waals surface area contributed by atoms with Gasteiger partial charge >= 0.3 is 265 Å². The third kappa shape index (κ3) is 7.09. The molecule has 2 aliphatic heterocycles. The van der Waals surface area contributed by atoms with Crippen molar-refractivity contribution in [3.8, 4) is 11.5 Å². The van der Waals surface area contributed by atoms with Crippen LogP contribution < -0.4 is 47.4 Å². The molecule has 2 saturated carbocycles. The van der Waals surface area contributed by atoms with Crippen LogP contribution in [0.2, 0.25) is 0 Å². The average molecular weight is 769 g/mol. The molecule has 2 aromatic carbocycles. The number of methoxy groups -OCH3 is 1. The van der Waals surface area contributed by atoms with Crippen LogP contribution >= 0.6 is 0 Å². The standard InChI is InChI=1S/C34H46I2N2O2/c1-25-34-31(16-17-35-25)32(24-33(34)27-10-14-30(15-11-27)40-29-6-4-3-5-7-29)26-8-12-28(13-9-26)36-38-20-18-37(19-21-38)22-23-39-2/h3-7,10-11,14-15,26,28,31-33H,8-9,12-13,16-24H2,1-2H3/q-2/t26?,28?,31?,32-,33?/m1/s1. The van der Waals surface area contributed by atoms with Crippen molar-refractivity contribution in [3.63, 3.8) is 0 Å². The van der Waals surface area contributed by atoms with Crippen molar-refractivity contribution in [2.75, 3.05) is 50.9 Å². The number of hydrogen-bond donors (Lipinski definition) is 0. The molecule has 40 heavy (non-hydrogen) atoms. The molecule has 3 fully saturated rings. The molecule has 3 atom stereocenters. The Balaban J connectivity index is 1.06. The average Bonchev–Trinajstić information content (AvgIpc) is 3.39. The van der Waals surface area contributed by atoms with Crippen molar-refractivity contribution in [2.45, 2.75) is 55.3 Å². The summed E-state index contributed by atoms with van der Waals surface area (Å²) in [5.41, 5.74) is 3.40. The van der Waals surface area contributed by atoms with Crippen LogP contribution in [0, 0.1) is 17.8 Å². The molecule has 0 amide bonds. The van der Waals surface area contributed by atoms with E-state index in [2.05, 4.69) is 39.2 Å². The summed E-state index contributed by atoms with van der Waals surface area (Å²) >= 11 is 0.423. The minimum atomic E-state index is 0.184. The number of para-hydroxylation sites is 1. The fraction of sp³-hybridized carbons (Fsp3) is 0.588. The quantitative estimate of drug-likeness (QED) is 0.215. The van der Waals surface area contributed by atoms with Gasteiger partial charge in [0, 0.05) is 0 Å². The molecular weight excluding hydrogens is 722 g/mol. The number of ether oxygens (including phenoxy) is 2. The molecule has 2 heterocycles. The third-order valence-electron chi connectivity index (χ3n) is 9.69. The number of rotatable bonds is 9. The second kappa shape index (κ2) is 14.2. The van der Waals surface area contributed by atoms with Crippen molar-refractivity contribution in [1.29, 1.82) is 0 Å². The van der Waals surface area contributed by atoms with Gasteiger partial charge in [0.15, 0.2) is 0 Å². The Morgan fingerprint density at radius 2 is 1.60 bits per heavy atom. The van der Waals surface area contributed by atoms with E-state index in [1.165, 1.54) is 74.7 Å². The summed E-state index contributed by atoms with van der Waals surface area (Å²) in [7, 11) is 1.82. The van der Waals surface area contributed by atoms with Gasteiger partial charge in [0.2, 0.25) is 0 Å². The zero-order valence-corrected chi connectivity index (χ0v) is 28.6. The van der Waals surface area contributed by atoms with E-state index in [9.17, 15) is 0 Å². The van der Waals surface area contributed by atoms with Crippen LogP contribution in [0.5, 0.6) is 11.5 Å². The van der Waals surface area contributed by atoms with Crippen molar-refractivity contribution >= 4 is 0 Å². The minimum absolute atomic E-state index is 0.184. The molecule has 2 unspecified atom stereocenters. The summed E-state index contributed by atoms with van der Waals surface area (Å²) in [6, 6.07) is 19.3. The third-order valence-corrected chi connectivity index (χ3v) is 16.4. The topological polar surface area (TPSA) is 24.9 Å². The normalized spacial score (nSPS) is 30.2. The predicted octanol–water partition coefficient (Wildman–Crippen LogP) is 0.792. The number of allylic oxidation sites excluding steroid dienone is 2. The number of piperazine rings is 1. The van der Waals surface area contributed by atoms with Gasteiger partial charge in [-0.1, -0.05) is 0 Å². The van der Waals surface area contributed by atoms with Crippen molar-refractivity contribution in [3.05, 3.63) is 69.3 Å². The van der Waals surface area contributed by atoms with Crippen molar-refractivity contribution in [1.82, 2.24) is 8.01 Å². The van der Waals surface area contributed by atoms with Gasteiger partial charge in [-0.25, -0.2) is 0 Å². The van der Waals surface area contributed by atoms with Gasteiger partial charge in [0.25, 0.3) is 0 Å². The maximum absolute atomic E-state index is 6.11. The summed E-state index contributed by atoms with van der Waals surface area (Å²) in [4.78, 5) is 2.58. The molecule has 6 heteroatoms. The summed E-state index contributed by atoms with van der Waals surface area (Å²) in [6.07, 6.45) is 8.80. The number of nitrogens with zero attached hydrogens (tertiary/aromatic N) is 2. The first-order valence-corrected chi connectivity index (χ1v) is 20.2. The van der Waals surface area contributed by atoms with E-state index in [0.717, 1.165) is 46.3 Å². The summed E-state index contributed by atoms with van der Waals surface area (Å²) in [5, 5.41) is 0. The van der Waals surface area contributed by atoms with Gasteiger partial charge in [-0.05, 0) is 0 Å². The van der Waals surface area contributed by atoms with E-state index >= 15 is 0 Å². The zero-order chi connectivity index (χ0) is 27.3. The van der Waals surface area contributed by atoms with Gasteiger partial charge in [0.1, 0.15) is 0 Å². The van der Waals surface area contributed by atoms with E-state index in [4.69, 9.17) is 9.47 Å². The Kier molecular flexibility index (Phi) is 10.4. The molecule has 0 aromatic heterocycles. The van der Waals surface area contributed by atoms with Gasteiger partial charge in [-0.15, -0.1) is 0 Å². The Labute approximate surface area is 263 Å². The van der Waals surface area contributed by atoms with Crippen LogP contribution in [0.3, 0.4) is 0 Å². The van der Waals surface area contributed by atoms with Gasteiger partial charge in [-0.3, -0.25) is 0 Å². The number of hydrogen-bond acceptors (Lipinski definition) is 4. The van der Waals surface area contributed by atoms with Crippen LogP contribution in [0.15, 0.2) is 63.8 Å². The molecule has 2 aliphatic carbocycles. The van der Waals surface area contributed by atoms with Gasteiger partial charge in [-0.2, -0.15) is 0 Å². The molecule has 0 spiro atoms. The summed E-state index contributed by atoms with van der Waals surface area (Å²) < 4.78 is 18.6. The van der Waals surface area contributed by atoms with E-state index in [1.54, 1.807) is 0 Å². The SMILES string of the molecule is COCCN1CCN([I-]C2CCC([C@H]3CC(c4ccc(Oc5ccccc5)cc4)C4=C(C)[I-]CCC43)CC2)CC1. The first-order chi connectivity index (χ1) is 19.7. The van der Waals surface area contributed by atoms with Gasteiger partial charge in [0.05, 0.1) is 0 Å². The Hall–Kier alpha value is -0.680. The molecule has 220 valence electrons. The fourth-order valence-electron chi connectivity index (χ4n) is 7.60. The molecule has 4 nitrogen and oxygen atoms in total. The zero-order valence-electron chi connectivity index (χ0n) is 24.2. The molecule has 4 aliphatic rings. The second-order valence-electron chi connectivity index (χ2n) is 12.0. The monoisotopic (exact) mass is 768 g/mol. The predicted molar refractivity (Wildman–Crippen MR) is 155 cm³/mol. The molecular formula is C34H46I2N2O2-2. The van der Waals surface area contributed by atoms with Crippen LogP contribution in [-0.2, 0) is 4.74 Å². The van der Waals surface area contributed by atoms with Crippen LogP contribution in [0.4, 0.5) is 0 Å². The summed E-state index contributed by atoms with van der Waals surface area (Å²) in [5.74, 6) is 5.20. The van der Waals surface area contributed by atoms with Crippen molar-refractivity contribution < 1.29 is 52.2 Å². The number of benzene rings is 2. The van der Waals surface area contributed by atoms with Crippen molar-refractivity contribution in [2.24, 2.45) is 17.8 Å². The number of fused-ring (bicyclic) bond motifs is 1.